The Morgan fingerprint density at radius 1 is 1.30 bits per heavy atom. The second-order valence-corrected chi connectivity index (χ2v) is 5.57. The van der Waals surface area contributed by atoms with Gasteiger partial charge in [0.15, 0.2) is 5.76 Å². The third-order valence-corrected chi connectivity index (χ3v) is 3.84. The molecule has 0 aliphatic carbocycles. The van der Waals surface area contributed by atoms with Crippen molar-refractivity contribution in [3.8, 4) is 11.3 Å². The van der Waals surface area contributed by atoms with E-state index in [1.807, 2.05) is 36.5 Å². The maximum absolute atomic E-state index is 5.88. The summed E-state index contributed by atoms with van der Waals surface area (Å²) in [5.41, 5.74) is 1.08. The van der Waals surface area contributed by atoms with E-state index in [-0.39, 0.29) is 0 Å². The van der Waals surface area contributed by atoms with Crippen molar-refractivity contribution < 1.29 is 4.42 Å². The van der Waals surface area contributed by atoms with Crippen LogP contribution >= 0.6 is 0 Å². The molecule has 0 bridgehead atoms. The van der Waals surface area contributed by atoms with Crippen molar-refractivity contribution in [2.24, 2.45) is 0 Å². The quantitative estimate of drug-likeness (QED) is 0.931. The van der Waals surface area contributed by atoms with Gasteiger partial charge in [0.1, 0.15) is 0 Å². The van der Waals surface area contributed by atoms with E-state index in [9.17, 15) is 0 Å². The number of nitrogens with one attached hydrogen (secondary N) is 1. The number of nitrogens with zero attached hydrogens (tertiary/aromatic N) is 2. The van der Waals surface area contributed by atoms with Gasteiger partial charge in [-0.05, 0) is 13.8 Å². The SMILES string of the molecule is CC1CN(Cc2ncc(-c3ccccc3)o2)C(C)CN1. The van der Waals surface area contributed by atoms with Crippen molar-refractivity contribution in [2.75, 3.05) is 13.1 Å². The first kappa shape index (κ1) is 13.3. The van der Waals surface area contributed by atoms with E-state index in [2.05, 4.69) is 29.0 Å². The number of hydrogen-bond acceptors (Lipinski definition) is 4. The minimum absolute atomic E-state index is 0.512. The fraction of sp³-hybridized carbons (Fsp3) is 0.438. The normalized spacial score (nSPS) is 23.9. The largest absolute Gasteiger partial charge is 0.439 e. The molecule has 4 nitrogen and oxygen atoms in total. The zero-order valence-corrected chi connectivity index (χ0v) is 12.0. The summed E-state index contributed by atoms with van der Waals surface area (Å²) in [6, 6.07) is 11.1. The first-order valence-electron chi connectivity index (χ1n) is 7.20. The van der Waals surface area contributed by atoms with Gasteiger partial charge >= 0.3 is 0 Å². The smallest absolute Gasteiger partial charge is 0.209 e. The fourth-order valence-corrected chi connectivity index (χ4v) is 2.61. The van der Waals surface area contributed by atoms with Crippen LogP contribution in [0.25, 0.3) is 11.3 Å². The van der Waals surface area contributed by atoms with E-state index >= 15 is 0 Å². The number of benzene rings is 1. The lowest BCUT2D eigenvalue weighted by atomic mass is 10.1. The van der Waals surface area contributed by atoms with Crippen molar-refractivity contribution in [3.63, 3.8) is 0 Å². The third-order valence-electron chi connectivity index (χ3n) is 3.84. The molecule has 1 aromatic carbocycles. The number of rotatable bonds is 3. The highest BCUT2D eigenvalue weighted by atomic mass is 16.4. The van der Waals surface area contributed by atoms with E-state index in [1.165, 1.54) is 0 Å². The average molecular weight is 271 g/mol. The first-order valence-corrected chi connectivity index (χ1v) is 7.20. The Kier molecular flexibility index (Phi) is 3.85. The van der Waals surface area contributed by atoms with Crippen LogP contribution < -0.4 is 5.32 Å². The number of piperazine rings is 1. The standard InChI is InChI=1S/C16H21N3O/c1-12-10-19(13(2)8-17-12)11-16-18-9-15(20-16)14-6-4-3-5-7-14/h3-7,9,12-13,17H,8,10-11H2,1-2H3. The summed E-state index contributed by atoms with van der Waals surface area (Å²) in [5.74, 6) is 1.64. The van der Waals surface area contributed by atoms with Gasteiger partial charge in [0.25, 0.3) is 0 Å². The molecule has 4 heteroatoms. The molecule has 0 radical (unpaired) electrons. The van der Waals surface area contributed by atoms with Crippen molar-refractivity contribution in [1.29, 1.82) is 0 Å². The van der Waals surface area contributed by atoms with Gasteiger partial charge in [-0.3, -0.25) is 4.90 Å². The predicted octanol–water partition coefficient (Wildman–Crippen LogP) is 2.52. The van der Waals surface area contributed by atoms with Crippen LogP contribution in [0.5, 0.6) is 0 Å². The summed E-state index contributed by atoms with van der Waals surface area (Å²) in [6.07, 6.45) is 1.82. The summed E-state index contributed by atoms with van der Waals surface area (Å²) in [7, 11) is 0. The molecule has 20 heavy (non-hydrogen) atoms. The zero-order chi connectivity index (χ0) is 13.9. The third kappa shape index (κ3) is 2.92. The summed E-state index contributed by atoms with van der Waals surface area (Å²) in [5, 5.41) is 3.49. The number of hydrogen-bond donors (Lipinski definition) is 1. The summed E-state index contributed by atoms with van der Waals surface area (Å²) in [6.45, 7) is 7.28. The summed E-state index contributed by atoms with van der Waals surface area (Å²) < 4.78 is 5.88. The van der Waals surface area contributed by atoms with Gasteiger partial charge in [-0.2, -0.15) is 0 Å². The van der Waals surface area contributed by atoms with Gasteiger partial charge in [0, 0.05) is 30.7 Å². The van der Waals surface area contributed by atoms with Crippen LogP contribution in [-0.2, 0) is 6.54 Å². The van der Waals surface area contributed by atoms with Crippen LogP contribution in [0.15, 0.2) is 40.9 Å². The topological polar surface area (TPSA) is 41.3 Å². The minimum Gasteiger partial charge on any atom is -0.439 e. The van der Waals surface area contributed by atoms with Crippen molar-refractivity contribution in [3.05, 3.63) is 42.4 Å². The van der Waals surface area contributed by atoms with E-state index in [0.29, 0.717) is 12.1 Å². The maximum atomic E-state index is 5.88. The molecular weight excluding hydrogens is 250 g/mol. The highest BCUT2D eigenvalue weighted by molar-refractivity contribution is 5.55. The Hall–Kier alpha value is -1.65. The van der Waals surface area contributed by atoms with Gasteiger partial charge in [0.2, 0.25) is 5.89 Å². The summed E-state index contributed by atoms with van der Waals surface area (Å²) >= 11 is 0. The lowest BCUT2D eigenvalue weighted by Gasteiger charge is -2.36. The molecule has 1 aromatic heterocycles. The molecule has 2 aromatic rings. The molecule has 1 aliphatic heterocycles. The van der Waals surface area contributed by atoms with Crippen LogP contribution in [-0.4, -0.2) is 35.1 Å². The van der Waals surface area contributed by atoms with E-state index in [1.54, 1.807) is 0 Å². The van der Waals surface area contributed by atoms with Gasteiger partial charge in [-0.1, -0.05) is 30.3 Å². The molecule has 2 heterocycles. The molecule has 0 spiro atoms. The van der Waals surface area contributed by atoms with Gasteiger partial charge in [0.05, 0.1) is 12.7 Å². The van der Waals surface area contributed by atoms with E-state index in [4.69, 9.17) is 4.42 Å². The Bertz CT molecular complexity index is 552. The van der Waals surface area contributed by atoms with Crippen molar-refractivity contribution in [2.45, 2.75) is 32.5 Å². The second-order valence-electron chi connectivity index (χ2n) is 5.57. The molecule has 2 atom stereocenters. The molecule has 3 rings (SSSR count). The highest BCUT2D eigenvalue weighted by Crippen LogP contribution is 2.21. The fourth-order valence-electron chi connectivity index (χ4n) is 2.61. The molecule has 0 amide bonds. The molecule has 0 saturated carbocycles. The predicted molar refractivity (Wildman–Crippen MR) is 79.3 cm³/mol. The average Bonchev–Trinajstić information content (AvgIpc) is 2.92. The van der Waals surface area contributed by atoms with Crippen LogP contribution in [0.4, 0.5) is 0 Å². The van der Waals surface area contributed by atoms with Crippen LogP contribution in [0.2, 0.25) is 0 Å². The van der Waals surface area contributed by atoms with E-state index in [0.717, 1.165) is 36.8 Å². The first-order chi connectivity index (χ1) is 9.72. The van der Waals surface area contributed by atoms with Crippen molar-refractivity contribution in [1.82, 2.24) is 15.2 Å². The van der Waals surface area contributed by atoms with Crippen LogP contribution in [0.1, 0.15) is 19.7 Å². The number of aromatic nitrogens is 1. The second kappa shape index (κ2) is 5.77. The molecule has 1 fully saturated rings. The number of oxazole rings is 1. The van der Waals surface area contributed by atoms with Crippen LogP contribution in [0.3, 0.4) is 0 Å². The monoisotopic (exact) mass is 271 g/mol. The molecule has 1 N–H and O–H groups in total. The van der Waals surface area contributed by atoms with Crippen molar-refractivity contribution >= 4 is 0 Å². The Balaban J connectivity index is 1.71. The maximum Gasteiger partial charge on any atom is 0.209 e. The van der Waals surface area contributed by atoms with Crippen LogP contribution in [0, 0.1) is 0 Å². The van der Waals surface area contributed by atoms with Gasteiger partial charge < -0.3 is 9.73 Å². The minimum atomic E-state index is 0.512. The molecule has 106 valence electrons. The summed E-state index contributed by atoms with van der Waals surface area (Å²) in [4.78, 5) is 6.84. The molecule has 1 saturated heterocycles. The lowest BCUT2D eigenvalue weighted by Crippen LogP contribution is -2.53. The van der Waals surface area contributed by atoms with E-state index < -0.39 is 0 Å². The zero-order valence-electron chi connectivity index (χ0n) is 12.0. The van der Waals surface area contributed by atoms with Gasteiger partial charge in [-0.15, -0.1) is 0 Å². The molecular formula is C16H21N3O. The highest BCUT2D eigenvalue weighted by Gasteiger charge is 2.23. The lowest BCUT2D eigenvalue weighted by molar-refractivity contribution is 0.127. The Morgan fingerprint density at radius 3 is 2.90 bits per heavy atom. The molecule has 1 aliphatic rings. The molecule has 2 unspecified atom stereocenters. The Labute approximate surface area is 119 Å². The van der Waals surface area contributed by atoms with Gasteiger partial charge in [-0.25, -0.2) is 4.98 Å². The Morgan fingerprint density at radius 2 is 2.10 bits per heavy atom.